The highest BCUT2D eigenvalue weighted by Crippen LogP contribution is 2.18. The second-order valence-electron chi connectivity index (χ2n) is 3.72. The summed E-state index contributed by atoms with van der Waals surface area (Å²) in [5.41, 5.74) is 0.706. The van der Waals surface area contributed by atoms with Crippen molar-refractivity contribution in [2.45, 2.75) is 6.61 Å². The van der Waals surface area contributed by atoms with Crippen LogP contribution in [-0.4, -0.2) is 33.4 Å². The Morgan fingerprint density at radius 1 is 1.36 bits per heavy atom. The van der Waals surface area contributed by atoms with Gasteiger partial charge in [0.2, 0.25) is 5.88 Å². The molecule has 0 aliphatic rings. The summed E-state index contributed by atoms with van der Waals surface area (Å²) in [5, 5.41) is 16.9. The average molecular weight is 307 g/mol. The molecule has 2 rings (SSSR count). The molecule has 0 fully saturated rings. The molecule has 0 amide bonds. The van der Waals surface area contributed by atoms with Crippen molar-refractivity contribution in [3.63, 3.8) is 0 Å². The van der Waals surface area contributed by atoms with Crippen LogP contribution in [0.25, 0.3) is 0 Å². The standard InChI is InChI=1S/C13H12N2O4.HNO2/c1-18-12-4-2-3-9(15-12)8-19-11-7-14-6-5-10(11)13(16)17;2-1-3/h2-7H,8H2,1H3,(H,16,17);(H,2,3). The van der Waals surface area contributed by atoms with Crippen LogP contribution in [0.4, 0.5) is 0 Å². The van der Waals surface area contributed by atoms with Crippen LogP contribution >= 0.6 is 0 Å². The Kier molecular flexibility index (Phi) is 6.76. The van der Waals surface area contributed by atoms with Gasteiger partial charge in [0.05, 0.1) is 19.0 Å². The predicted molar refractivity (Wildman–Crippen MR) is 73.9 cm³/mol. The van der Waals surface area contributed by atoms with E-state index in [2.05, 4.69) is 9.97 Å². The van der Waals surface area contributed by atoms with Gasteiger partial charge in [0, 0.05) is 12.3 Å². The first-order valence-electron chi connectivity index (χ1n) is 5.89. The van der Waals surface area contributed by atoms with E-state index in [9.17, 15) is 4.79 Å². The summed E-state index contributed by atoms with van der Waals surface area (Å²) in [6, 6.07) is 6.65. The molecule has 0 saturated carbocycles. The van der Waals surface area contributed by atoms with Crippen molar-refractivity contribution in [2.24, 2.45) is 5.34 Å². The van der Waals surface area contributed by atoms with Gasteiger partial charge in [-0.1, -0.05) is 6.07 Å². The lowest BCUT2D eigenvalue weighted by Crippen LogP contribution is -2.05. The molecule has 2 aromatic heterocycles. The van der Waals surface area contributed by atoms with Gasteiger partial charge in [0.25, 0.3) is 0 Å². The quantitative estimate of drug-likeness (QED) is 0.632. The van der Waals surface area contributed by atoms with Gasteiger partial charge in [-0.25, -0.2) is 9.78 Å². The molecule has 0 aliphatic heterocycles. The van der Waals surface area contributed by atoms with Gasteiger partial charge in [0.15, 0.2) is 11.1 Å². The zero-order valence-electron chi connectivity index (χ0n) is 11.5. The molecule has 2 aromatic rings. The number of methoxy groups -OCH3 is 1. The first-order valence-corrected chi connectivity index (χ1v) is 5.89. The molecule has 0 radical (unpaired) electrons. The van der Waals surface area contributed by atoms with Crippen LogP contribution in [0.3, 0.4) is 0 Å². The summed E-state index contributed by atoms with van der Waals surface area (Å²) >= 11 is 0. The van der Waals surface area contributed by atoms with Crippen molar-refractivity contribution >= 4 is 5.97 Å². The zero-order chi connectivity index (χ0) is 16.4. The molecule has 0 saturated heterocycles. The van der Waals surface area contributed by atoms with Gasteiger partial charge in [-0.15, -0.1) is 4.91 Å². The lowest BCUT2D eigenvalue weighted by molar-refractivity contribution is 0.0691. The SMILES string of the molecule is COc1cccc(COc2cnccc2C(=O)O)n1.O=NO. The molecule has 9 heteroatoms. The van der Waals surface area contributed by atoms with E-state index in [0.717, 1.165) is 0 Å². The molecular weight excluding hydrogens is 294 g/mol. The van der Waals surface area contributed by atoms with Crippen molar-refractivity contribution in [3.05, 3.63) is 52.8 Å². The van der Waals surface area contributed by atoms with Crippen molar-refractivity contribution in [1.29, 1.82) is 0 Å². The lowest BCUT2D eigenvalue weighted by Gasteiger charge is -2.08. The Bertz CT molecular complexity index is 635. The van der Waals surface area contributed by atoms with Gasteiger partial charge in [0.1, 0.15) is 12.2 Å². The Balaban J connectivity index is 0.000000745. The molecule has 2 heterocycles. The first kappa shape index (κ1) is 16.8. The fourth-order valence-electron chi connectivity index (χ4n) is 1.48. The number of carboxylic acids is 1. The average Bonchev–Trinajstić information content (AvgIpc) is 2.54. The van der Waals surface area contributed by atoms with Crippen molar-refractivity contribution in [2.75, 3.05) is 7.11 Å². The minimum Gasteiger partial charge on any atom is -0.485 e. The highest BCUT2D eigenvalue weighted by molar-refractivity contribution is 5.90. The van der Waals surface area contributed by atoms with Crippen LogP contribution in [0.5, 0.6) is 11.6 Å². The summed E-state index contributed by atoms with van der Waals surface area (Å²) in [4.78, 5) is 27.1. The normalized spacial score (nSPS) is 9.14. The maximum atomic E-state index is 11.0. The molecular formula is C13H13N3O6. The highest BCUT2D eigenvalue weighted by atomic mass is 16.6. The molecule has 22 heavy (non-hydrogen) atoms. The first-order chi connectivity index (χ1) is 10.6. The highest BCUT2D eigenvalue weighted by Gasteiger charge is 2.11. The van der Waals surface area contributed by atoms with Crippen molar-refractivity contribution in [3.8, 4) is 11.6 Å². The third-order valence-corrected chi connectivity index (χ3v) is 2.38. The Labute approximate surface area is 125 Å². The molecule has 9 nitrogen and oxygen atoms in total. The van der Waals surface area contributed by atoms with Gasteiger partial charge in [-0.3, -0.25) is 4.98 Å². The minimum atomic E-state index is -1.06. The van der Waals surface area contributed by atoms with E-state index in [1.165, 1.54) is 30.9 Å². The molecule has 116 valence electrons. The molecule has 0 unspecified atom stereocenters. The Morgan fingerprint density at radius 3 is 2.73 bits per heavy atom. The summed E-state index contributed by atoms with van der Waals surface area (Å²) in [6.07, 6.45) is 2.77. The maximum absolute atomic E-state index is 11.0. The largest absolute Gasteiger partial charge is 0.485 e. The number of carbonyl (C=O) groups is 1. The molecule has 0 aliphatic carbocycles. The third kappa shape index (κ3) is 5.04. The van der Waals surface area contributed by atoms with E-state index in [4.69, 9.17) is 24.7 Å². The van der Waals surface area contributed by atoms with Crippen molar-refractivity contribution in [1.82, 2.24) is 9.97 Å². The number of carboxylic acid groups (broad SMARTS) is 1. The van der Waals surface area contributed by atoms with Crippen LogP contribution in [-0.2, 0) is 6.61 Å². The topological polar surface area (TPSA) is 131 Å². The Morgan fingerprint density at radius 2 is 2.09 bits per heavy atom. The fraction of sp³-hybridized carbons (Fsp3) is 0.154. The number of nitrogens with zero attached hydrogens (tertiary/aromatic N) is 3. The zero-order valence-corrected chi connectivity index (χ0v) is 11.5. The molecule has 0 spiro atoms. The van der Waals surface area contributed by atoms with Crippen LogP contribution in [0.2, 0.25) is 0 Å². The van der Waals surface area contributed by atoms with Crippen molar-refractivity contribution < 1.29 is 24.6 Å². The minimum absolute atomic E-state index is 0.0675. The van der Waals surface area contributed by atoms with E-state index in [1.54, 1.807) is 18.2 Å². The maximum Gasteiger partial charge on any atom is 0.339 e. The number of pyridine rings is 2. The van der Waals surface area contributed by atoms with Crippen LogP contribution in [0.15, 0.2) is 42.0 Å². The number of aromatic nitrogens is 2. The van der Waals surface area contributed by atoms with E-state index >= 15 is 0 Å². The third-order valence-electron chi connectivity index (χ3n) is 2.38. The van der Waals surface area contributed by atoms with E-state index in [0.29, 0.717) is 11.6 Å². The van der Waals surface area contributed by atoms with E-state index < -0.39 is 5.97 Å². The number of ether oxygens (including phenoxy) is 2. The van der Waals surface area contributed by atoms with Crippen LogP contribution in [0, 0.1) is 4.91 Å². The summed E-state index contributed by atoms with van der Waals surface area (Å²) in [7, 11) is 1.52. The smallest absolute Gasteiger partial charge is 0.339 e. The number of hydrogen-bond donors (Lipinski definition) is 2. The summed E-state index contributed by atoms with van der Waals surface area (Å²) < 4.78 is 10.4. The van der Waals surface area contributed by atoms with Gasteiger partial charge < -0.3 is 19.8 Å². The molecule has 0 bridgehead atoms. The summed E-state index contributed by atoms with van der Waals surface area (Å²) in [6.45, 7) is 0.142. The monoisotopic (exact) mass is 307 g/mol. The van der Waals surface area contributed by atoms with Crippen LogP contribution < -0.4 is 9.47 Å². The molecule has 0 atom stereocenters. The predicted octanol–water partition coefficient (Wildman–Crippen LogP) is 1.90. The number of aromatic carboxylic acids is 1. The van der Waals surface area contributed by atoms with Crippen LogP contribution in [0.1, 0.15) is 16.1 Å². The molecule has 2 N–H and O–H groups in total. The van der Waals surface area contributed by atoms with Gasteiger partial charge in [-0.05, 0) is 12.1 Å². The fourth-order valence-corrected chi connectivity index (χ4v) is 1.48. The van der Waals surface area contributed by atoms with Gasteiger partial charge in [-0.2, -0.15) is 0 Å². The Hall–Kier alpha value is -3.23. The second kappa shape index (κ2) is 8.84. The lowest BCUT2D eigenvalue weighted by atomic mass is 10.2. The number of rotatable bonds is 5. The van der Waals surface area contributed by atoms with E-state index in [1.807, 2.05) is 0 Å². The molecule has 0 aromatic carbocycles. The summed E-state index contributed by atoms with van der Waals surface area (Å²) in [5.74, 6) is -0.374. The number of hydrogen-bond acceptors (Lipinski definition) is 7. The van der Waals surface area contributed by atoms with Gasteiger partial charge >= 0.3 is 5.97 Å². The second-order valence-corrected chi connectivity index (χ2v) is 3.72. The van der Waals surface area contributed by atoms with E-state index in [-0.39, 0.29) is 17.9 Å².